The monoisotopic (exact) mass is 495 g/mol. The molecule has 3 aromatic rings. The number of imide groups is 1. The van der Waals surface area contributed by atoms with E-state index in [0.717, 1.165) is 16.0 Å². The molecule has 2 saturated heterocycles. The molecule has 37 heavy (non-hydrogen) atoms. The number of fused-ring (bicyclic) bond motifs is 5. The molecule has 0 aliphatic carbocycles. The maximum atomic E-state index is 13.9. The van der Waals surface area contributed by atoms with Gasteiger partial charge in [0.05, 0.1) is 34.7 Å². The van der Waals surface area contributed by atoms with Crippen molar-refractivity contribution >= 4 is 41.0 Å². The van der Waals surface area contributed by atoms with E-state index in [2.05, 4.69) is 10.4 Å². The first-order valence-corrected chi connectivity index (χ1v) is 11.8. The number of rotatable bonds is 4. The van der Waals surface area contributed by atoms with Gasteiger partial charge < -0.3 is 5.32 Å². The number of carbonyl (C=O) groups is 3. The van der Waals surface area contributed by atoms with Crippen molar-refractivity contribution in [3.05, 3.63) is 99.6 Å². The molecule has 3 aliphatic heterocycles. The van der Waals surface area contributed by atoms with Crippen molar-refractivity contribution in [2.75, 3.05) is 10.2 Å². The van der Waals surface area contributed by atoms with E-state index < -0.39 is 46.6 Å². The molecule has 0 saturated carbocycles. The van der Waals surface area contributed by atoms with E-state index in [4.69, 9.17) is 0 Å². The van der Waals surface area contributed by atoms with Gasteiger partial charge in [-0.25, -0.2) is 4.90 Å². The molecule has 2 fully saturated rings. The molecule has 1 N–H and O–H groups in total. The molecule has 3 amide bonds. The van der Waals surface area contributed by atoms with Gasteiger partial charge >= 0.3 is 0 Å². The summed E-state index contributed by atoms with van der Waals surface area (Å²) in [6, 6.07) is 18.7. The first-order valence-electron chi connectivity index (χ1n) is 11.8. The number of aryl methyl sites for hydroxylation is 1. The summed E-state index contributed by atoms with van der Waals surface area (Å²) in [7, 11) is 0. The minimum atomic E-state index is -1.03. The second-order valence-corrected chi connectivity index (χ2v) is 9.29. The van der Waals surface area contributed by atoms with Crippen LogP contribution in [0.1, 0.15) is 22.7 Å². The van der Waals surface area contributed by atoms with Crippen molar-refractivity contribution in [3.63, 3.8) is 0 Å². The van der Waals surface area contributed by atoms with E-state index in [1.165, 1.54) is 18.2 Å². The normalized spacial score (nSPS) is 23.5. The van der Waals surface area contributed by atoms with Crippen LogP contribution in [0.2, 0.25) is 0 Å². The molecular formula is C27H21N5O5. The van der Waals surface area contributed by atoms with Gasteiger partial charge in [0.1, 0.15) is 6.04 Å². The van der Waals surface area contributed by atoms with Gasteiger partial charge in [0.2, 0.25) is 17.7 Å². The highest BCUT2D eigenvalue weighted by Crippen LogP contribution is 2.53. The third-order valence-electron chi connectivity index (χ3n) is 7.24. The molecule has 184 valence electrons. The molecule has 0 bridgehead atoms. The summed E-state index contributed by atoms with van der Waals surface area (Å²) in [6.45, 7) is 1.61. The fourth-order valence-corrected chi connectivity index (χ4v) is 5.65. The fourth-order valence-electron chi connectivity index (χ4n) is 5.65. The molecular weight excluding hydrogens is 474 g/mol. The number of anilines is 2. The average Bonchev–Trinajstić information content (AvgIpc) is 3.37. The second kappa shape index (κ2) is 8.37. The van der Waals surface area contributed by atoms with Crippen LogP contribution in [0.15, 0.2) is 77.9 Å². The summed E-state index contributed by atoms with van der Waals surface area (Å²) in [5.74, 6) is -3.26. The molecule has 4 atom stereocenters. The number of nitrogens with zero attached hydrogens (tertiary/aromatic N) is 4. The van der Waals surface area contributed by atoms with Crippen LogP contribution in [0.5, 0.6) is 0 Å². The fraction of sp³-hybridized carbons (Fsp3) is 0.185. The SMILES string of the molecule is Cc1cc([N+](=O)[O-])ccc1N1C(=O)C2C(C1=O)C1c3ccccc3C=NN1C2C(=O)Nc1ccccc1. The van der Waals surface area contributed by atoms with Crippen LogP contribution in [0.25, 0.3) is 0 Å². The van der Waals surface area contributed by atoms with Gasteiger partial charge in [-0.05, 0) is 41.8 Å². The van der Waals surface area contributed by atoms with Gasteiger partial charge in [-0.2, -0.15) is 5.10 Å². The Kier molecular flexibility index (Phi) is 5.11. The number of nitrogens with one attached hydrogen (secondary N) is 1. The maximum Gasteiger partial charge on any atom is 0.269 e. The number of non-ortho nitro benzene ring substituents is 1. The smallest absolute Gasteiger partial charge is 0.269 e. The molecule has 6 rings (SSSR count). The van der Waals surface area contributed by atoms with Crippen LogP contribution < -0.4 is 10.2 Å². The lowest BCUT2D eigenvalue weighted by molar-refractivity contribution is -0.384. The molecule has 4 unspecified atom stereocenters. The number of hydrogen-bond donors (Lipinski definition) is 1. The minimum absolute atomic E-state index is 0.137. The first kappa shape index (κ1) is 22.6. The maximum absolute atomic E-state index is 13.9. The van der Waals surface area contributed by atoms with E-state index >= 15 is 0 Å². The number of benzene rings is 3. The number of nitro groups is 1. The van der Waals surface area contributed by atoms with Crippen LogP contribution >= 0.6 is 0 Å². The van der Waals surface area contributed by atoms with Gasteiger partial charge in [0.25, 0.3) is 5.69 Å². The summed E-state index contributed by atoms with van der Waals surface area (Å²) < 4.78 is 0. The van der Waals surface area contributed by atoms with Crippen molar-refractivity contribution < 1.29 is 19.3 Å². The van der Waals surface area contributed by atoms with Crippen LogP contribution in [0.4, 0.5) is 17.1 Å². The van der Waals surface area contributed by atoms with Crippen LogP contribution in [0, 0.1) is 28.9 Å². The summed E-state index contributed by atoms with van der Waals surface area (Å²) in [5.41, 5.74) is 2.75. The van der Waals surface area contributed by atoms with E-state index in [1.807, 2.05) is 30.3 Å². The predicted octanol–water partition coefficient (Wildman–Crippen LogP) is 3.42. The van der Waals surface area contributed by atoms with Crippen molar-refractivity contribution in [1.82, 2.24) is 5.01 Å². The second-order valence-electron chi connectivity index (χ2n) is 9.29. The van der Waals surface area contributed by atoms with E-state index in [0.29, 0.717) is 11.3 Å². The lowest BCUT2D eigenvalue weighted by Crippen LogP contribution is -2.46. The quantitative estimate of drug-likeness (QED) is 0.336. The summed E-state index contributed by atoms with van der Waals surface area (Å²) in [6.07, 6.45) is 1.64. The number of amides is 3. The molecule has 0 aromatic heterocycles. The van der Waals surface area contributed by atoms with Crippen molar-refractivity contribution in [2.45, 2.75) is 19.0 Å². The van der Waals surface area contributed by atoms with Gasteiger partial charge in [-0.3, -0.25) is 29.5 Å². The summed E-state index contributed by atoms with van der Waals surface area (Å²) >= 11 is 0. The number of carbonyl (C=O) groups excluding carboxylic acids is 3. The Morgan fingerprint density at radius 1 is 0.973 bits per heavy atom. The molecule has 3 aromatic carbocycles. The Balaban J connectivity index is 1.45. The number of nitro benzene ring substituents is 1. The largest absolute Gasteiger partial charge is 0.324 e. The highest BCUT2D eigenvalue weighted by Gasteiger charge is 2.65. The van der Waals surface area contributed by atoms with Crippen molar-refractivity contribution in [3.8, 4) is 0 Å². The Hall–Kier alpha value is -4.86. The first-order chi connectivity index (χ1) is 17.9. The van der Waals surface area contributed by atoms with Crippen molar-refractivity contribution in [1.29, 1.82) is 0 Å². The lowest BCUT2D eigenvalue weighted by atomic mass is 9.85. The third kappa shape index (κ3) is 3.40. The number of hydrogen-bond acceptors (Lipinski definition) is 7. The topological polar surface area (TPSA) is 125 Å². The highest BCUT2D eigenvalue weighted by atomic mass is 16.6. The number of hydrazone groups is 1. The van der Waals surface area contributed by atoms with E-state index in [1.54, 1.807) is 42.4 Å². The lowest BCUT2D eigenvalue weighted by Gasteiger charge is -2.33. The van der Waals surface area contributed by atoms with Gasteiger partial charge in [-0.1, -0.05) is 42.5 Å². The minimum Gasteiger partial charge on any atom is -0.324 e. The van der Waals surface area contributed by atoms with Gasteiger partial charge in [-0.15, -0.1) is 0 Å². The van der Waals surface area contributed by atoms with Gasteiger partial charge in [0.15, 0.2) is 0 Å². The number of para-hydroxylation sites is 1. The molecule has 0 spiro atoms. The average molecular weight is 495 g/mol. The molecule has 3 heterocycles. The van der Waals surface area contributed by atoms with Crippen LogP contribution in [0.3, 0.4) is 0 Å². The molecule has 10 nitrogen and oxygen atoms in total. The molecule has 0 radical (unpaired) electrons. The standard InChI is InChI=1S/C27H21N5O5/c1-15-13-18(32(36)37)11-12-20(15)30-26(34)21-22(27(30)35)24(25(33)29-17-8-3-2-4-9-17)31-23(21)19-10-6-5-7-16(19)14-28-31/h2-14,21-24H,1H3,(H,29,33). The zero-order valence-electron chi connectivity index (χ0n) is 19.6. The van der Waals surface area contributed by atoms with Crippen molar-refractivity contribution in [2.24, 2.45) is 16.9 Å². The Morgan fingerprint density at radius 2 is 1.68 bits per heavy atom. The summed E-state index contributed by atoms with van der Waals surface area (Å²) in [4.78, 5) is 53.2. The predicted molar refractivity (Wildman–Crippen MR) is 135 cm³/mol. The van der Waals surface area contributed by atoms with E-state index in [9.17, 15) is 24.5 Å². The highest BCUT2D eigenvalue weighted by molar-refractivity contribution is 6.24. The zero-order chi connectivity index (χ0) is 25.8. The zero-order valence-corrected chi connectivity index (χ0v) is 19.6. The Labute approximate surface area is 211 Å². The Morgan fingerprint density at radius 3 is 2.41 bits per heavy atom. The molecule has 3 aliphatic rings. The van der Waals surface area contributed by atoms with Crippen LogP contribution in [-0.2, 0) is 14.4 Å². The van der Waals surface area contributed by atoms with E-state index in [-0.39, 0.29) is 11.4 Å². The van der Waals surface area contributed by atoms with Gasteiger partial charge in [0, 0.05) is 17.8 Å². The third-order valence-corrected chi connectivity index (χ3v) is 7.24. The Bertz CT molecular complexity index is 1500. The van der Waals surface area contributed by atoms with Crippen LogP contribution in [-0.4, -0.2) is 39.9 Å². The molecule has 10 heteroatoms. The summed E-state index contributed by atoms with van der Waals surface area (Å²) in [5, 5.41) is 20.2.